The van der Waals surface area contributed by atoms with Crippen molar-refractivity contribution in [2.24, 2.45) is 0 Å². The summed E-state index contributed by atoms with van der Waals surface area (Å²) in [6.45, 7) is 12.4. The number of rotatable bonds is 13. The van der Waals surface area contributed by atoms with Crippen LogP contribution in [0.15, 0.2) is 0 Å². The van der Waals surface area contributed by atoms with Crippen molar-refractivity contribution in [2.45, 2.75) is 57.7 Å². The van der Waals surface area contributed by atoms with Crippen molar-refractivity contribution in [1.82, 2.24) is 3.93 Å². The second kappa shape index (κ2) is 11.2. The number of hydrogen-bond acceptors (Lipinski definition) is 6. The Balaban J connectivity index is 2.19. The first-order valence-electron chi connectivity index (χ1n) is 10.1. The second-order valence-electron chi connectivity index (χ2n) is 9.59. The molecule has 0 saturated carbocycles. The summed E-state index contributed by atoms with van der Waals surface area (Å²) in [6.07, 6.45) is 2.24. The molecule has 0 spiro atoms. The SMILES string of the molecule is CC1(C)CC([N+](C)(C)CCOCCOCCOCCS(=O)(=O)O)CC(C)(C)N1Br. The fourth-order valence-electron chi connectivity index (χ4n) is 3.89. The van der Waals surface area contributed by atoms with Crippen LogP contribution in [-0.4, -0.2) is 105 Å². The van der Waals surface area contributed by atoms with Crippen LogP contribution in [0.3, 0.4) is 0 Å². The molecule has 1 aliphatic rings. The molecule has 0 aromatic carbocycles. The number of likely N-dealkylation sites (N-methyl/N-ethyl adjacent to an activating group) is 1. The summed E-state index contributed by atoms with van der Waals surface area (Å²) in [5, 5.41) is 0. The molecule has 0 aromatic heterocycles. The van der Waals surface area contributed by atoms with Gasteiger partial charge in [0.1, 0.15) is 6.54 Å². The molecule has 0 aliphatic carbocycles. The van der Waals surface area contributed by atoms with Crippen LogP contribution < -0.4 is 0 Å². The van der Waals surface area contributed by atoms with Gasteiger partial charge in [-0.2, -0.15) is 8.42 Å². The molecule has 174 valence electrons. The van der Waals surface area contributed by atoms with E-state index in [-0.39, 0.29) is 24.3 Å². The van der Waals surface area contributed by atoms with Crippen molar-refractivity contribution in [3.63, 3.8) is 0 Å². The summed E-state index contributed by atoms with van der Waals surface area (Å²) < 4.78 is 49.1. The minimum absolute atomic E-state index is 0.0344. The molecule has 1 saturated heterocycles. The first-order chi connectivity index (χ1) is 13.2. The largest absolute Gasteiger partial charge is 0.378 e. The molecule has 1 heterocycles. The van der Waals surface area contributed by atoms with E-state index in [1.807, 2.05) is 0 Å². The number of hydrogen-bond donors (Lipinski definition) is 1. The maximum absolute atomic E-state index is 10.5. The Kier molecular flexibility index (Phi) is 10.5. The fourth-order valence-corrected chi connectivity index (χ4v) is 4.51. The zero-order valence-corrected chi connectivity index (χ0v) is 21.2. The van der Waals surface area contributed by atoms with Gasteiger partial charge in [0.15, 0.2) is 0 Å². The highest BCUT2D eigenvalue weighted by atomic mass is 79.9. The maximum atomic E-state index is 10.5. The van der Waals surface area contributed by atoms with E-state index >= 15 is 0 Å². The summed E-state index contributed by atoms with van der Waals surface area (Å²) in [5.74, 6) is -0.396. The van der Waals surface area contributed by atoms with E-state index in [1.165, 1.54) is 0 Å². The van der Waals surface area contributed by atoms with Gasteiger partial charge in [0.2, 0.25) is 0 Å². The zero-order chi connectivity index (χ0) is 22.3. The lowest BCUT2D eigenvalue weighted by molar-refractivity contribution is -0.918. The molecule has 1 fully saturated rings. The highest BCUT2D eigenvalue weighted by Gasteiger charge is 2.49. The van der Waals surface area contributed by atoms with E-state index in [4.69, 9.17) is 18.8 Å². The van der Waals surface area contributed by atoms with Crippen molar-refractivity contribution in [1.29, 1.82) is 0 Å². The summed E-state index contributed by atoms with van der Waals surface area (Å²) in [5.41, 5.74) is 0.195. The van der Waals surface area contributed by atoms with Crippen molar-refractivity contribution in [2.75, 3.05) is 66.0 Å². The molecule has 1 rings (SSSR count). The monoisotopic (exact) mass is 503 g/mol. The van der Waals surface area contributed by atoms with Crippen molar-refractivity contribution < 1.29 is 31.7 Å². The zero-order valence-electron chi connectivity index (χ0n) is 18.8. The number of nitrogens with zero attached hydrogens (tertiary/aromatic N) is 2. The van der Waals surface area contributed by atoms with Crippen LogP contribution in [0.4, 0.5) is 0 Å². The van der Waals surface area contributed by atoms with Crippen LogP contribution in [0.2, 0.25) is 0 Å². The van der Waals surface area contributed by atoms with Crippen LogP contribution in [0.1, 0.15) is 40.5 Å². The normalized spacial score (nSPS) is 20.8. The fraction of sp³-hybridized carbons (Fsp3) is 1.00. The molecular weight excluding hydrogens is 464 g/mol. The third-order valence-electron chi connectivity index (χ3n) is 5.56. The number of ether oxygens (including phenoxy) is 3. The van der Waals surface area contributed by atoms with Crippen molar-refractivity contribution >= 4 is 26.3 Å². The van der Waals surface area contributed by atoms with Crippen LogP contribution in [-0.2, 0) is 24.3 Å². The van der Waals surface area contributed by atoms with Gasteiger partial charge in [-0.15, -0.1) is 0 Å². The molecule has 0 unspecified atom stereocenters. The summed E-state index contributed by atoms with van der Waals surface area (Å²) >= 11 is 3.78. The topological polar surface area (TPSA) is 85.3 Å². The molecule has 1 N–H and O–H groups in total. The Morgan fingerprint density at radius 1 is 0.931 bits per heavy atom. The van der Waals surface area contributed by atoms with Gasteiger partial charge in [0.25, 0.3) is 10.1 Å². The van der Waals surface area contributed by atoms with E-state index in [9.17, 15) is 8.42 Å². The first-order valence-corrected chi connectivity index (χ1v) is 12.5. The quantitative estimate of drug-likeness (QED) is 0.178. The lowest BCUT2D eigenvalue weighted by atomic mass is 9.78. The van der Waals surface area contributed by atoms with Crippen LogP contribution in [0.25, 0.3) is 0 Å². The Hall–Kier alpha value is 0.190. The van der Waals surface area contributed by atoms with Gasteiger partial charge in [-0.1, -0.05) is 0 Å². The molecule has 0 aromatic rings. The Morgan fingerprint density at radius 3 is 1.79 bits per heavy atom. The molecule has 0 bridgehead atoms. The summed E-state index contributed by atoms with van der Waals surface area (Å²) in [7, 11) is 0.604. The Morgan fingerprint density at radius 2 is 1.34 bits per heavy atom. The lowest BCUT2D eigenvalue weighted by Gasteiger charge is -2.55. The van der Waals surface area contributed by atoms with Gasteiger partial charge in [-0.3, -0.25) is 4.55 Å². The molecule has 1 aliphatic heterocycles. The van der Waals surface area contributed by atoms with Crippen LogP contribution >= 0.6 is 16.1 Å². The molecule has 10 heteroatoms. The average molecular weight is 505 g/mol. The first kappa shape index (κ1) is 27.2. The number of quaternary nitrogens is 1. The predicted molar refractivity (Wildman–Crippen MR) is 118 cm³/mol. The predicted octanol–water partition coefficient (Wildman–Crippen LogP) is 2.33. The van der Waals surface area contributed by atoms with Gasteiger partial charge in [-0.25, -0.2) is 3.93 Å². The van der Waals surface area contributed by atoms with Gasteiger partial charge in [0.05, 0.1) is 65.5 Å². The molecule has 0 atom stereocenters. The average Bonchev–Trinajstić information content (AvgIpc) is 2.56. The third-order valence-corrected chi connectivity index (χ3v) is 8.17. The van der Waals surface area contributed by atoms with E-state index in [0.717, 1.165) is 23.9 Å². The van der Waals surface area contributed by atoms with Crippen molar-refractivity contribution in [3.8, 4) is 0 Å². The van der Waals surface area contributed by atoms with E-state index in [2.05, 4.69) is 61.9 Å². The van der Waals surface area contributed by atoms with Gasteiger partial charge in [-0.05, 0) is 27.7 Å². The van der Waals surface area contributed by atoms with E-state index in [1.54, 1.807) is 0 Å². The second-order valence-corrected chi connectivity index (χ2v) is 11.9. The highest BCUT2D eigenvalue weighted by molar-refractivity contribution is 9.07. The summed E-state index contributed by atoms with van der Waals surface area (Å²) in [6, 6.07) is 0.563. The van der Waals surface area contributed by atoms with Crippen LogP contribution in [0.5, 0.6) is 0 Å². The molecular formula is C19H40BrN2O6S+. The minimum Gasteiger partial charge on any atom is -0.378 e. The van der Waals surface area contributed by atoms with E-state index in [0.29, 0.717) is 32.5 Å². The Labute approximate surface area is 185 Å². The highest BCUT2D eigenvalue weighted by Crippen LogP contribution is 2.43. The molecule has 0 amide bonds. The van der Waals surface area contributed by atoms with Crippen molar-refractivity contribution in [3.05, 3.63) is 0 Å². The maximum Gasteiger partial charge on any atom is 0.267 e. The third kappa shape index (κ3) is 9.90. The van der Waals surface area contributed by atoms with Gasteiger partial charge < -0.3 is 18.7 Å². The van der Waals surface area contributed by atoms with Crippen LogP contribution in [0, 0.1) is 0 Å². The molecule has 0 radical (unpaired) electrons. The smallest absolute Gasteiger partial charge is 0.267 e. The standard InChI is InChI=1S/C19H39BrN2O6S/c1-18(2)15-17(16-19(3,4)21(18)20)22(5,6)7-8-26-9-10-27-11-12-28-13-14-29(23,24)25/h17H,7-16H2,1-6H3/p+1. The summed E-state index contributed by atoms with van der Waals surface area (Å²) in [4.78, 5) is 0. The lowest BCUT2D eigenvalue weighted by Crippen LogP contribution is -2.64. The number of halogens is 1. The molecule has 8 nitrogen and oxygen atoms in total. The van der Waals surface area contributed by atoms with Gasteiger partial charge in [0, 0.05) is 40.1 Å². The Bertz CT molecular complexity index is 580. The van der Waals surface area contributed by atoms with Gasteiger partial charge >= 0.3 is 0 Å². The minimum atomic E-state index is -3.96. The number of piperidine rings is 1. The van der Waals surface area contributed by atoms with E-state index < -0.39 is 15.9 Å². The molecule has 29 heavy (non-hydrogen) atoms.